The number of rotatable bonds is 6. The molecule has 4 nitrogen and oxygen atoms in total. The van der Waals surface area contributed by atoms with Gasteiger partial charge in [-0.1, -0.05) is 6.07 Å². The lowest BCUT2D eigenvalue weighted by molar-refractivity contribution is 0.389. The van der Waals surface area contributed by atoms with E-state index in [1.54, 1.807) is 14.2 Å². The lowest BCUT2D eigenvalue weighted by Crippen LogP contribution is -2.18. The molecular weight excluding hydrogens is 252 g/mol. The predicted octanol–water partition coefficient (Wildman–Crippen LogP) is 2.95. The number of pyridine rings is 1. The highest BCUT2D eigenvalue weighted by Crippen LogP contribution is 2.25. The van der Waals surface area contributed by atoms with E-state index < -0.39 is 0 Å². The van der Waals surface area contributed by atoms with Crippen LogP contribution in [0.5, 0.6) is 11.5 Å². The van der Waals surface area contributed by atoms with Crippen LogP contribution < -0.4 is 14.8 Å². The maximum absolute atomic E-state index is 5.40. The number of ether oxygens (including phenoxy) is 2. The summed E-state index contributed by atoms with van der Waals surface area (Å²) in [6, 6.07) is 10.1. The van der Waals surface area contributed by atoms with Crippen LogP contribution in [0.15, 0.2) is 42.7 Å². The van der Waals surface area contributed by atoms with E-state index in [4.69, 9.17) is 9.47 Å². The molecule has 2 rings (SSSR count). The Morgan fingerprint density at radius 1 is 1.10 bits per heavy atom. The minimum absolute atomic E-state index is 0.254. The average Bonchev–Trinajstić information content (AvgIpc) is 2.53. The van der Waals surface area contributed by atoms with Crippen molar-refractivity contribution in [1.82, 2.24) is 10.3 Å². The van der Waals surface area contributed by atoms with Crippen LogP contribution in [0, 0.1) is 0 Å². The molecule has 0 aliphatic carbocycles. The molecule has 0 aliphatic rings. The normalized spacial score (nSPS) is 11.9. The lowest BCUT2D eigenvalue weighted by atomic mass is 10.1. The van der Waals surface area contributed by atoms with Crippen molar-refractivity contribution >= 4 is 0 Å². The van der Waals surface area contributed by atoms with Crippen LogP contribution in [-0.2, 0) is 6.54 Å². The van der Waals surface area contributed by atoms with Crippen LogP contribution in [0.2, 0.25) is 0 Å². The average molecular weight is 272 g/mol. The molecule has 1 unspecified atom stereocenters. The van der Waals surface area contributed by atoms with Crippen LogP contribution in [0.25, 0.3) is 0 Å². The molecule has 0 spiro atoms. The molecule has 0 aliphatic heterocycles. The number of nitrogens with one attached hydrogen (secondary N) is 1. The summed E-state index contributed by atoms with van der Waals surface area (Å²) in [6.45, 7) is 2.86. The van der Waals surface area contributed by atoms with Gasteiger partial charge in [-0.05, 0) is 30.7 Å². The molecular formula is C16H20N2O2. The Hall–Kier alpha value is -2.07. The largest absolute Gasteiger partial charge is 0.497 e. The first-order valence-corrected chi connectivity index (χ1v) is 6.59. The highest BCUT2D eigenvalue weighted by Gasteiger charge is 2.08. The fourth-order valence-corrected chi connectivity index (χ4v) is 2.03. The molecule has 2 aromatic rings. The van der Waals surface area contributed by atoms with Gasteiger partial charge in [0, 0.05) is 36.6 Å². The second-order valence-electron chi connectivity index (χ2n) is 4.56. The van der Waals surface area contributed by atoms with E-state index in [0.717, 1.165) is 23.6 Å². The lowest BCUT2D eigenvalue weighted by Gasteiger charge is -2.16. The smallest absolute Gasteiger partial charge is 0.127 e. The van der Waals surface area contributed by atoms with E-state index in [1.165, 1.54) is 5.56 Å². The molecule has 1 N–H and O–H groups in total. The van der Waals surface area contributed by atoms with Crippen LogP contribution >= 0.6 is 0 Å². The summed E-state index contributed by atoms with van der Waals surface area (Å²) in [7, 11) is 3.32. The summed E-state index contributed by atoms with van der Waals surface area (Å²) in [4.78, 5) is 4.03. The third-order valence-corrected chi connectivity index (χ3v) is 3.30. The second-order valence-corrected chi connectivity index (χ2v) is 4.56. The first-order valence-electron chi connectivity index (χ1n) is 6.59. The van der Waals surface area contributed by atoms with Crippen LogP contribution in [-0.4, -0.2) is 19.2 Å². The Bertz CT molecular complexity index is 543. The van der Waals surface area contributed by atoms with Gasteiger partial charge in [0.15, 0.2) is 0 Å². The monoisotopic (exact) mass is 272 g/mol. The van der Waals surface area contributed by atoms with E-state index >= 15 is 0 Å². The molecule has 0 amide bonds. The molecule has 0 radical (unpaired) electrons. The molecule has 0 saturated carbocycles. The minimum atomic E-state index is 0.254. The molecule has 0 fully saturated rings. The number of hydrogen-bond donors (Lipinski definition) is 1. The van der Waals surface area contributed by atoms with Crippen LogP contribution in [0.3, 0.4) is 0 Å². The Labute approximate surface area is 119 Å². The quantitative estimate of drug-likeness (QED) is 0.878. The molecule has 1 aromatic heterocycles. The van der Waals surface area contributed by atoms with Gasteiger partial charge >= 0.3 is 0 Å². The fourth-order valence-electron chi connectivity index (χ4n) is 2.03. The highest BCUT2D eigenvalue weighted by atomic mass is 16.5. The topological polar surface area (TPSA) is 43.4 Å². The van der Waals surface area contributed by atoms with E-state index in [1.807, 2.05) is 42.7 Å². The highest BCUT2D eigenvalue weighted by molar-refractivity contribution is 5.40. The molecule has 106 valence electrons. The number of nitrogens with zero attached hydrogens (tertiary/aromatic N) is 1. The van der Waals surface area contributed by atoms with E-state index in [2.05, 4.69) is 17.2 Å². The Morgan fingerprint density at radius 3 is 2.50 bits per heavy atom. The zero-order valence-corrected chi connectivity index (χ0v) is 12.1. The van der Waals surface area contributed by atoms with Crippen molar-refractivity contribution in [3.05, 3.63) is 53.9 Å². The maximum Gasteiger partial charge on any atom is 0.127 e. The van der Waals surface area contributed by atoms with Crippen molar-refractivity contribution in [3.8, 4) is 11.5 Å². The van der Waals surface area contributed by atoms with E-state index in [9.17, 15) is 0 Å². The number of hydrogen-bond acceptors (Lipinski definition) is 4. The van der Waals surface area contributed by atoms with Gasteiger partial charge < -0.3 is 14.8 Å². The third-order valence-electron chi connectivity index (χ3n) is 3.30. The SMILES string of the molecule is COc1ccc(CNC(C)c2ccncc2)c(OC)c1. The molecule has 0 bridgehead atoms. The molecule has 1 aromatic carbocycles. The summed E-state index contributed by atoms with van der Waals surface area (Å²) < 4.78 is 10.6. The van der Waals surface area contributed by atoms with Gasteiger partial charge in [-0.2, -0.15) is 0 Å². The van der Waals surface area contributed by atoms with Crippen molar-refractivity contribution in [1.29, 1.82) is 0 Å². The van der Waals surface area contributed by atoms with Crippen molar-refractivity contribution in [3.63, 3.8) is 0 Å². The summed E-state index contributed by atoms with van der Waals surface area (Å²) in [5.74, 6) is 1.63. The van der Waals surface area contributed by atoms with Gasteiger partial charge in [0.05, 0.1) is 14.2 Å². The Balaban J connectivity index is 2.03. The Morgan fingerprint density at radius 2 is 1.85 bits per heavy atom. The van der Waals surface area contributed by atoms with Crippen molar-refractivity contribution in [2.75, 3.05) is 14.2 Å². The van der Waals surface area contributed by atoms with Gasteiger partial charge in [-0.3, -0.25) is 4.98 Å². The third kappa shape index (κ3) is 3.48. The van der Waals surface area contributed by atoms with Crippen molar-refractivity contribution < 1.29 is 9.47 Å². The fraction of sp³-hybridized carbons (Fsp3) is 0.312. The van der Waals surface area contributed by atoms with Crippen molar-refractivity contribution in [2.24, 2.45) is 0 Å². The predicted molar refractivity (Wildman–Crippen MR) is 79.0 cm³/mol. The van der Waals surface area contributed by atoms with Crippen LogP contribution in [0.4, 0.5) is 0 Å². The first kappa shape index (κ1) is 14.3. The van der Waals surface area contributed by atoms with Gasteiger partial charge in [-0.15, -0.1) is 0 Å². The van der Waals surface area contributed by atoms with Crippen molar-refractivity contribution in [2.45, 2.75) is 19.5 Å². The van der Waals surface area contributed by atoms with Gasteiger partial charge in [0.1, 0.15) is 11.5 Å². The second kappa shape index (κ2) is 6.91. The summed E-state index contributed by atoms with van der Waals surface area (Å²) in [6.07, 6.45) is 3.61. The molecule has 1 atom stereocenters. The number of methoxy groups -OCH3 is 2. The Kier molecular flexibility index (Phi) is 4.96. The first-order chi connectivity index (χ1) is 9.74. The van der Waals surface area contributed by atoms with Gasteiger partial charge in [0.25, 0.3) is 0 Å². The number of aromatic nitrogens is 1. The summed E-state index contributed by atoms with van der Waals surface area (Å²) in [5, 5.41) is 3.48. The van der Waals surface area contributed by atoms with E-state index in [0.29, 0.717) is 0 Å². The summed E-state index contributed by atoms with van der Waals surface area (Å²) >= 11 is 0. The number of benzene rings is 1. The molecule has 20 heavy (non-hydrogen) atoms. The zero-order chi connectivity index (χ0) is 14.4. The van der Waals surface area contributed by atoms with Gasteiger partial charge in [-0.25, -0.2) is 0 Å². The maximum atomic E-state index is 5.40. The molecule has 4 heteroatoms. The standard InChI is InChI=1S/C16H20N2O2/c1-12(13-6-8-17-9-7-13)18-11-14-4-5-15(19-2)10-16(14)20-3/h4-10,12,18H,11H2,1-3H3. The minimum Gasteiger partial charge on any atom is -0.497 e. The van der Waals surface area contributed by atoms with Gasteiger partial charge in [0.2, 0.25) is 0 Å². The van der Waals surface area contributed by atoms with E-state index in [-0.39, 0.29) is 6.04 Å². The molecule has 0 saturated heterocycles. The zero-order valence-electron chi connectivity index (χ0n) is 12.1. The van der Waals surface area contributed by atoms with Crippen LogP contribution in [0.1, 0.15) is 24.1 Å². The molecule has 1 heterocycles. The summed E-state index contributed by atoms with van der Waals surface area (Å²) in [5.41, 5.74) is 2.32.